The van der Waals surface area contributed by atoms with Crippen molar-refractivity contribution in [2.24, 2.45) is 0 Å². The van der Waals surface area contributed by atoms with Crippen molar-refractivity contribution in [2.45, 2.75) is 12.8 Å². The van der Waals surface area contributed by atoms with Crippen molar-refractivity contribution in [1.29, 1.82) is 5.26 Å². The van der Waals surface area contributed by atoms with Crippen molar-refractivity contribution in [3.8, 4) is 6.07 Å². The van der Waals surface area contributed by atoms with Gasteiger partial charge in [0, 0.05) is 6.92 Å². The third-order valence-corrected chi connectivity index (χ3v) is 0.651. The number of nitrogens with zero attached hydrogens (tertiary/aromatic N) is 1. The van der Waals surface area contributed by atoms with Crippen LogP contribution in [0.5, 0.6) is 0 Å². The molecule has 0 bridgehead atoms. The predicted octanol–water partition coefficient (Wildman–Crippen LogP) is 1.61. The van der Waals surface area contributed by atoms with E-state index in [1.807, 2.05) is 0 Å². The van der Waals surface area contributed by atoms with Crippen LogP contribution in [-0.4, -0.2) is 11.0 Å². The number of aliphatic hydroxyl groups excluding tert-OH is 1. The zero-order valence-electron chi connectivity index (χ0n) is 4.73. The van der Waals surface area contributed by atoms with Gasteiger partial charge in [0.15, 0.2) is 5.76 Å². The summed E-state index contributed by atoms with van der Waals surface area (Å²) in [4.78, 5) is 0. The lowest BCUT2D eigenvalue weighted by Crippen LogP contribution is -2.12. The number of allylic oxidation sites excluding steroid dienone is 2. The topological polar surface area (TPSA) is 44.0 Å². The molecule has 0 unspecified atom stereocenters. The number of rotatable bonds is 1. The first kappa shape index (κ1) is 7.89. The summed E-state index contributed by atoms with van der Waals surface area (Å²) < 4.78 is 23.7. The Kier molecular flexibility index (Phi) is 2.14. The zero-order valence-corrected chi connectivity index (χ0v) is 4.73. The van der Waals surface area contributed by atoms with E-state index in [2.05, 4.69) is 0 Å². The SMILES string of the molecule is CC(F)(F)/C(O)=C\C#N. The lowest BCUT2D eigenvalue weighted by atomic mass is 10.3. The van der Waals surface area contributed by atoms with Crippen LogP contribution in [0, 0.1) is 11.3 Å². The van der Waals surface area contributed by atoms with Crippen LogP contribution in [0.2, 0.25) is 0 Å². The van der Waals surface area contributed by atoms with Crippen molar-refractivity contribution in [3.05, 3.63) is 11.8 Å². The van der Waals surface area contributed by atoms with E-state index < -0.39 is 11.7 Å². The van der Waals surface area contributed by atoms with E-state index >= 15 is 0 Å². The molecule has 0 saturated heterocycles. The Morgan fingerprint density at radius 3 is 2.33 bits per heavy atom. The molecule has 0 aromatic heterocycles. The third-order valence-electron chi connectivity index (χ3n) is 0.651. The molecular weight excluding hydrogens is 128 g/mol. The summed E-state index contributed by atoms with van der Waals surface area (Å²) in [6.45, 7) is 0.510. The summed E-state index contributed by atoms with van der Waals surface area (Å²) in [7, 11) is 0. The van der Waals surface area contributed by atoms with Crippen LogP contribution in [-0.2, 0) is 0 Å². The zero-order chi connectivity index (χ0) is 7.49. The van der Waals surface area contributed by atoms with Crippen molar-refractivity contribution >= 4 is 0 Å². The average molecular weight is 133 g/mol. The molecule has 0 atom stereocenters. The van der Waals surface area contributed by atoms with E-state index in [1.165, 1.54) is 6.07 Å². The van der Waals surface area contributed by atoms with Gasteiger partial charge in [-0.3, -0.25) is 0 Å². The summed E-state index contributed by atoms with van der Waals surface area (Å²) in [6.07, 6.45) is 0.403. The second-order valence-corrected chi connectivity index (χ2v) is 1.55. The summed E-state index contributed by atoms with van der Waals surface area (Å²) in [5.41, 5.74) is 0. The highest BCUT2D eigenvalue weighted by atomic mass is 19.3. The van der Waals surface area contributed by atoms with E-state index in [4.69, 9.17) is 10.4 Å². The van der Waals surface area contributed by atoms with Crippen LogP contribution in [0.25, 0.3) is 0 Å². The van der Waals surface area contributed by atoms with Gasteiger partial charge in [0.1, 0.15) is 0 Å². The third kappa shape index (κ3) is 2.65. The molecule has 0 heterocycles. The van der Waals surface area contributed by atoms with Crippen molar-refractivity contribution < 1.29 is 13.9 Å². The fourth-order valence-electron chi connectivity index (χ4n) is 0.188. The minimum Gasteiger partial charge on any atom is -0.506 e. The van der Waals surface area contributed by atoms with E-state index in [0.29, 0.717) is 13.0 Å². The molecule has 1 N–H and O–H groups in total. The predicted molar refractivity (Wildman–Crippen MR) is 26.9 cm³/mol. The lowest BCUT2D eigenvalue weighted by Gasteiger charge is -2.05. The maximum Gasteiger partial charge on any atom is 0.301 e. The summed E-state index contributed by atoms with van der Waals surface area (Å²) in [6, 6.07) is 1.28. The Bertz CT molecular complexity index is 163. The van der Waals surface area contributed by atoms with Gasteiger partial charge in [-0.15, -0.1) is 0 Å². The van der Waals surface area contributed by atoms with Gasteiger partial charge in [-0.1, -0.05) is 0 Å². The molecular formula is C5H5F2NO. The monoisotopic (exact) mass is 133 g/mol. The number of aliphatic hydroxyl groups is 1. The van der Waals surface area contributed by atoms with Crippen LogP contribution in [0.4, 0.5) is 8.78 Å². The van der Waals surface area contributed by atoms with Crippen LogP contribution < -0.4 is 0 Å². The fraction of sp³-hybridized carbons (Fsp3) is 0.400. The number of halogens is 2. The van der Waals surface area contributed by atoms with Gasteiger partial charge in [0.05, 0.1) is 12.1 Å². The Morgan fingerprint density at radius 2 is 2.22 bits per heavy atom. The summed E-state index contributed by atoms with van der Waals surface area (Å²) in [5, 5.41) is 16.1. The summed E-state index contributed by atoms with van der Waals surface area (Å²) in [5.74, 6) is -4.50. The van der Waals surface area contributed by atoms with Crippen LogP contribution in [0.3, 0.4) is 0 Å². The average Bonchev–Trinajstić information content (AvgIpc) is 1.64. The molecule has 4 heteroatoms. The van der Waals surface area contributed by atoms with Crippen LogP contribution in [0.1, 0.15) is 6.92 Å². The Hall–Kier alpha value is -1.11. The number of hydrogen-bond donors (Lipinski definition) is 1. The van der Waals surface area contributed by atoms with E-state index in [0.717, 1.165) is 0 Å². The van der Waals surface area contributed by atoms with Crippen LogP contribution in [0.15, 0.2) is 11.8 Å². The molecule has 0 aliphatic rings. The summed E-state index contributed by atoms with van der Waals surface area (Å²) >= 11 is 0. The van der Waals surface area contributed by atoms with Gasteiger partial charge < -0.3 is 5.11 Å². The molecule has 0 aromatic carbocycles. The van der Waals surface area contributed by atoms with Crippen molar-refractivity contribution in [1.82, 2.24) is 0 Å². The first-order valence-electron chi connectivity index (χ1n) is 2.15. The second kappa shape index (κ2) is 2.44. The number of alkyl halides is 2. The minimum absolute atomic E-state index is 0.403. The molecule has 2 nitrogen and oxygen atoms in total. The highest BCUT2D eigenvalue weighted by Gasteiger charge is 2.26. The standard InChI is InChI=1S/C5H5F2NO/c1-5(6,7)4(9)2-3-8/h2,9H,1H3/b4-2+. The highest BCUT2D eigenvalue weighted by Crippen LogP contribution is 2.19. The Labute approximate surface area is 51.0 Å². The normalized spacial score (nSPS) is 12.9. The Morgan fingerprint density at radius 1 is 1.78 bits per heavy atom. The van der Waals surface area contributed by atoms with Crippen molar-refractivity contribution in [2.75, 3.05) is 0 Å². The van der Waals surface area contributed by atoms with Gasteiger partial charge in [-0.2, -0.15) is 14.0 Å². The molecule has 50 valence electrons. The van der Waals surface area contributed by atoms with Gasteiger partial charge in [-0.05, 0) is 0 Å². The molecule has 0 aromatic rings. The van der Waals surface area contributed by atoms with Crippen molar-refractivity contribution in [3.63, 3.8) is 0 Å². The van der Waals surface area contributed by atoms with Gasteiger partial charge in [-0.25, -0.2) is 0 Å². The molecule has 0 aliphatic heterocycles. The molecule has 0 fully saturated rings. The highest BCUT2D eigenvalue weighted by molar-refractivity contribution is 5.12. The Balaban J connectivity index is 4.25. The number of hydrogen-bond acceptors (Lipinski definition) is 2. The van der Waals surface area contributed by atoms with E-state index in [9.17, 15) is 8.78 Å². The lowest BCUT2D eigenvalue weighted by molar-refractivity contribution is 0.0189. The molecule has 0 amide bonds. The quantitative estimate of drug-likeness (QED) is 0.436. The fourth-order valence-corrected chi connectivity index (χ4v) is 0.188. The molecule has 9 heavy (non-hydrogen) atoms. The molecule has 0 aliphatic carbocycles. The van der Waals surface area contributed by atoms with Crippen LogP contribution >= 0.6 is 0 Å². The largest absolute Gasteiger partial charge is 0.506 e. The van der Waals surface area contributed by atoms with Gasteiger partial charge in [0.2, 0.25) is 0 Å². The second-order valence-electron chi connectivity index (χ2n) is 1.55. The number of nitriles is 1. The van der Waals surface area contributed by atoms with Gasteiger partial charge >= 0.3 is 5.92 Å². The smallest absolute Gasteiger partial charge is 0.301 e. The molecule has 0 rings (SSSR count). The first-order chi connectivity index (χ1) is 3.98. The minimum atomic E-state index is -3.30. The van der Waals surface area contributed by atoms with Gasteiger partial charge in [0.25, 0.3) is 0 Å². The molecule has 0 radical (unpaired) electrons. The maximum atomic E-state index is 11.8. The maximum absolute atomic E-state index is 11.8. The first-order valence-corrected chi connectivity index (χ1v) is 2.15. The molecule has 0 saturated carbocycles. The van der Waals surface area contributed by atoms with E-state index in [-0.39, 0.29) is 0 Å². The molecule has 0 spiro atoms. The van der Waals surface area contributed by atoms with E-state index in [1.54, 1.807) is 0 Å².